The Morgan fingerprint density at radius 3 is 2.72 bits per heavy atom. The molecule has 0 radical (unpaired) electrons. The third-order valence-corrected chi connectivity index (χ3v) is 4.06. The molecule has 8 heteroatoms. The van der Waals surface area contributed by atoms with Crippen molar-refractivity contribution in [3.05, 3.63) is 35.1 Å². The molecule has 0 bridgehead atoms. The van der Waals surface area contributed by atoms with Crippen LogP contribution in [0, 0.1) is 6.92 Å². The van der Waals surface area contributed by atoms with E-state index in [0.717, 1.165) is 0 Å². The molecule has 0 saturated carbocycles. The van der Waals surface area contributed by atoms with Gasteiger partial charge in [-0.1, -0.05) is 11.6 Å². The number of aromatic nitrogens is 2. The number of sulfonamides is 1. The van der Waals surface area contributed by atoms with Crippen molar-refractivity contribution in [2.75, 3.05) is 4.72 Å². The van der Waals surface area contributed by atoms with Crippen LogP contribution < -0.4 is 4.72 Å². The van der Waals surface area contributed by atoms with Crippen molar-refractivity contribution in [3.8, 4) is 5.75 Å². The Kier molecular flexibility index (Phi) is 3.18. The van der Waals surface area contributed by atoms with E-state index in [1.807, 2.05) is 0 Å². The molecule has 0 atom stereocenters. The van der Waals surface area contributed by atoms with Crippen molar-refractivity contribution >= 4 is 27.3 Å². The van der Waals surface area contributed by atoms with Gasteiger partial charge < -0.3 is 5.11 Å². The van der Waals surface area contributed by atoms with Crippen molar-refractivity contribution in [1.29, 1.82) is 0 Å². The smallest absolute Gasteiger partial charge is 0.265 e. The lowest BCUT2D eigenvalue weighted by atomic mass is 10.3. The lowest BCUT2D eigenvalue weighted by Gasteiger charge is -2.08. The van der Waals surface area contributed by atoms with Crippen LogP contribution in [0.5, 0.6) is 5.75 Å². The van der Waals surface area contributed by atoms with Gasteiger partial charge in [-0.05, 0) is 19.1 Å². The van der Waals surface area contributed by atoms with Crippen molar-refractivity contribution in [2.24, 2.45) is 0 Å². The van der Waals surface area contributed by atoms with Crippen molar-refractivity contribution in [3.63, 3.8) is 0 Å². The van der Waals surface area contributed by atoms with Gasteiger partial charge in [0.1, 0.15) is 10.6 Å². The molecule has 0 fully saturated rings. The minimum Gasteiger partial charge on any atom is -0.508 e. The van der Waals surface area contributed by atoms with Crippen LogP contribution in [0.3, 0.4) is 0 Å². The summed E-state index contributed by atoms with van der Waals surface area (Å²) in [5.41, 5.74) is 0.618. The second-order valence-electron chi connectivity index (χ2n) is 3.63. The Bertz CT molecular complexity index is 681. The number of halogens is 1. The lowest BCUT2D eigenvalue weighted by molar-refractivity contribution is 0.475. The third kappa shape index (κ3) is 2.41. The molecule has 1 heterocycles. The maximum Gasteiger partial charge on any atom is 0.265 e. The molecule has 2 rings (SSSR count). The van der Waals surface area contributed by atoms with Crippen LogP contribution in [0.25, 0.3) is 0 Å². The van der Waals surface area contributed by atoms with Crippen LogP contribution in [0.2, 0.25) is 5.02 Å². The molecule has 0 aliphatic carbocycles. The Hall–Kier alpha value is -1.73. The number of aryl methyl sites for hydroxylation is 1. The second-order valence-corrected chi connectivity index (χ2v) is 5.69. The summed E-state index contributed by atoms with van der Waals surface area (Å²) in [5.74, 6) is -0.0394. The first kappa shape index (κ1) is 12.7. The molecule has 18 heavy (non-hydrogen) atoms. The first-order chi connectivity index (χ1) is 8.40. The Balaban J connectivity index is 2.37. The van der Waals surface area contributed by atoms with Crippen LogP contribution in [0.1, 0.15) is 5.69 Å². The first-order valence-electron chi connectivity index (χ1n) is 4.91. The van der Waals surface area contributed by atoms with E-state index in [1.165, 1.54) is 24.4 Å². The van der Waals surface area contributed by atoms with Crippen LogP contribution in [-0.4, -0.2) is 23.7 Å². The minimum absolute atomic E-state index is 0.0394. The maximum absolute atomic E-state index is 12.0. The van der Waals surface area contributed by atoms with Crippen molar-refractivity contribution in [2.45, 2.75) is 11.8 Å². The first-order valence-corrected chi connectivity index (χ1v) is 6.77. The summed E-state index contributed by atoms with van der Waals surface area (Å²) in [4.78, 5) is 0.0478. The van der Waals surface area contributed by atoms with Crippen LogP contribution in [0.15, 0.2) is 29.3 Å². The predicted octanol–water partition coefficient (Wildman–Crippen LogP) is 1.88. The largest absolute Gasteiger partial charge is 0.508 e. The van der Waals surface area contributed by atoms with Gasteiger partial charge in [0.2, 0.25) is 0 Å². The molecule has 0 aliphatic rings. The maximum atomic E-state index is 12.0. The van der Waals surface area contributed by atoms with Gasteiger partial charge in [-0.25, -0.2) is 8.42 Å². The van der Waals surface area contributed by atoms with E-state index in [2.05, 4.69) is 14.9 Å². The second kappa shape index (κ2) is 4.51. The minimum atomic E-state index is -3.75. The van der Waals surface area contributed by atoms with Crippen molar-refractivity contribution in [1.82, 2.24) is 10.2 Å². The molecule has 1 aromatic heterocycles. The molecule has 0 spiro atoms. The monoisotopic (exact) mass is 287 g/mol. The van der Waals surface area contributed by atoms with Crippen LogP contribution >= 0.6 is 11.6 Å². The quantitative estimate of drug-likeness (QED) is 0.751. The molecule has 2 aromatic rings. The van der Waals surface area contributed by atoms with Gasteiger partial charge in [0.15, 0.2) is 0 Å². The van der Waals surface area contributed by atoms with Crippen molar-refractivity contribution < 1.29 is 13.5 Å². The number of benzene rings is 1. The van der Waals surface area contributed by atoms with Gasteiger partial charge in [-0.15, -0.1) is 0 Å². The zero-order chi connectivity index (χ0) is 13.3. The zero-order valence-corrected chi connectivity index (χ0v) is 10.9. The van der Waals surface area contributed by atoms with Crippen LogP contribution in [0.4, 0.5) is 5.69 Å². The summed E-state index contributed by atoms with van der Waals surface area (Å²) < 4.78 is 26.4. The number of phenols is 1. The van der Waals surface area contributed by atoms with E-state index < -0.39 is 10.0 Å². The summed E-state index contributed by atoms with van der Waals surface area (Å²) >= 11 is 5.83. The Morgan fingerprint density at radius 2 is 2.17 bits per heavy atom. The number of hydrogen-bond acceptors (Lipinski definition) is 4. The van der Waals surface area contributed by atoms with E-state index in [1.54, 1.807) is 6.92 Å². The molecule has 0 aliphatic heterocycles. The molecule has 0 saturated heterocycles. The van der Waals surface area contributed by atoms with E-state index in [4.69, 9.17) is 11.6 Å². The summed E-state index contributed by atoms with van der Waals surface area (Å²) in [6, 6.07) is 3.97. The summed E-state index contributed by atoms with van der Waals surface area (Å²) in [5, 5.41) is 15.5. The lowest BCUT2D eigenvalue weighted by Crippen LogP contribution is -2.13. The number of aromatic hydroxyl groups is 1. The SMILES string of the molecule is Cc1[nH]ncc1S(=O)(=O)Nc1ccc(O)cc1Cl. The summed E-state index contributed by atoms with van der Waals surface area (Å²) in [7, 11) is -3.75. The van der Waals surface area contributed by atoms with Gasteiger partial charge in [0.05, 0.1) is 22.6 Å². The zero-order valence-electron chi connectivity index (χ0n) is 9.31. The number of hydrogen-bond donors (Lipinski definition) is 3. The standard InChI is InChI=1S/C10H10ClN3O3S/c1-6-10(5-12-13-6)18(16,17)14-9-3-2-7(15)4-8(9)11/h2-5,14-15H,1H3,(H,12,13). The molecule has 0 unspecified atom stereocenters. The highest BCUT2D eigenvalue weighted by Gasteiger charge is 2.19. The average molecular weight is 288 g/mol. The highest BCUT2D eigenvalue weighted by molar-refractivity contribution is 7.92. The fourth-order valence-electron chi connectivity index (χ4n) is 1.40. The highest BCUT2D eigenvalue weighted by atomic mass is 35.5. The fourth-order valence-corrected chi connectivity index (χ4v) is 2.89. The molecule has 96 valence electrons. The summed E-state index contributed by atoms with van der Waals surface area (Å²) in [6.07, 6.45) is 1.21. The number of nitrogens with one attached hydrogen (secondary N) is 2. The average Bonchev–Trinajstić information content (AvgIpc) is 2.69. The van der Waals surface area contributed by atoms with E-state index in [-0.39, 0.29) is 21.4 Å². The normalized spacial score (nSPS) is 11.4. The number of anilines is 1. The molecule has 1 aromatic carbocycles. The highest BCUT2D eigenvalue weighted by Crippen LogP contribution is 2.28. The number of nitrogens with zero attached hydrogens (tertiary/aromatic N) is 1. The number of H-pyrrole nitrogens is 1. The summed E-state index contributed by atoms with van der Waals surface area (Å²) in [6.45, 7) is 1.60. The molecular weight excluding hydrogens is 278 g/mol. The number of phenolic OH excluding ortho intramolecular Hbond substituents is 1. The van der Waals surface area contributed by atoms with Gasteiger partial charge in [-0.2, -0.15) is 5.10 Å². The van der Waals surface area contributed by atoms with E-state index >= 15 is 0 Å². The van der Waals surface area contributed by atoms with Gasteiger partial charge in [0.25, 0.3) is 10.0 Å². The van der Waals surface area contributed by atoms with Gasteiger partial charge in [0, 0.05) is 6.07 Å². The molecule has 6 nitrogen and oxygen atoms in total. The Morgan fingerprint density at radius 1 is 1.44 bits per heavy atom. The molecule has 0 amide bonds. The number of aromatic amines is 1. The van der Waals surface area contributed by atoms with E-state index in [9.17, 15) is 13.5 Å². The topological polar surface area (TPSA) is 95.1 Å². The van der Waals surface area contributed by atoms with E-state index in [0.29, 0.717) is 5.69 Å². The van der Waals surface area contributed by atoms with Gasteiger partial charge in [-0.3, -0.25) is 9.82 Å². The molecule has 3 N–H and O–H groups in total. The fraction of sp³-hybridized carbons (Fsp3) is 0.100. The van der Waals surface area contributed by atoms with Gasteiger partial charge >= 0.3 is 0 Å². The Labute approximate surface area is 109 Å². The number of rotatable bonds is 3. The molecular formula is C10H10ClN3O3S. The predicted molar refractivity (Wildman–Crippen MR) is 67.3 cm³/mol. The third-order valence-electron chi connectivity index (χ3n) is 2.27. The van der Waals surface area contributed by atoms with Crippen LogP contribution in [-0.2, 0) is 10.0 Å².